The van der Waals surface area contributed by atoms with Crippen molar-refractivity contribution in [1.29, 1.82) is 0 Å². The molecular formula is C15H19ClN2O2S. The van der Waals surface area contributed by atoms with Gasteiger partial charge in [0.05, 0.1) is 17.2 Å². The van der Waals surface area contributed by atoms with Crippen molar-refractivity contribution in [3.63, 3.8) is 0 Å². The summed E-state index contributed by atoms with van der Waals surface area (Å²) >= 11 is 7.44. The fraction of sp³-hybridized carbons (Fsp3) is 0.600. The maximum Gasteiger partial charge on any atom is 0.327 e. The van der Waals surface area contributed by atoms with Crippen LogP contribution in [0, 0.1) is 5.92 Å². The van der Waals surface area contributed by atoms with Crippen molar-refractivity contribution in [1.82, 2.24) is 10.3 Å². The summed E-state index contributed by atoms with van der Waals surface area (Å²) in [6.07, 6.45) is 6.10. The molecule has 2 saturated carbocycles. The van der Waals surface area contributed by atoms with Gasteiger partial charge in [0.15, 0.2) is 0 Å². The van der Waals surface area contributed by atoms with Gasteiger partial charge in [0.1, 0.15) is 5.54 Å². The standard InChI is InChI=1S/C15H19ClN2O2S/c1-20-14(19)15(10-2-3-10,18-12-5-6-12)9-21-13-7-4-11(16)8-17-13/h4,7-8,10,12,18H,2-3,5-6,9H2,1H3. The van der Waals surface area contributed by atoms with Crippen LogP contribution in [0.1, 0.15) is 25.7 Å². The molecule has 2 fully saturated rings. The van der Waals surface area contributed by atoms with E-state index in [1.165, 1.54) is 7.11 Å². The van der Waals surface area contributed by atoms with Crippen molar-refractivity contribution < 1.29 is 9.53 Å². The number of methoxy groups -OCH3 is 1. The Morgan fingerprint density at radius 3 is 2.76 bits per heavy atom. The van der Waals surface area contributed by atoms with E-state index >= 15 is 0 Å². The third-order valence-electron chi connectivity index (χ3n) is 4.01. The van der Waals surface area contributed by atoms with Crippen LogP contribution in [0.3, 0.4) is 0 Å². The van der Waals surface area contributed by atoms with Gasteiger partial charge in [-0.25, -0.2) is 4.98 Å². The highest BCUT2D eigenvalue weighted by molar-refractivity contribution is 7.99. The summed E-state index contributed by atoms with van der Waals surface area (Å²) < 4.78 is 5.10. The second-order valence-corrected chi connectivity index (χ2v) is 7.19. The van der Waals surface area contributed by atoms with E-state index in [0.717, 1.165) is 30.7 Å². The van der Waals surface area contributed by atoms with Crippen LogP contribution in [-0.2, 0) is 9.53 Å². The lowest BCUT2D eigenvalue weighted by Gasteiger charge is -2.32. The van der Waals surface area contributed by atoms with Crippen molar-refractivity contribution in [3.05, 3.63) is 23.4 Å². The van der Waals surface area contributed by atoms with Crippen molar-refractivity contribution in [2.75, 3.05) is 12.9 Å². The lowest BCUT2D eigenvalue weighted by molar-refractivity contribution is -0.148. The summed E-state index contributed by atoms with van der Waals surface area (Å²) in [6, 6.07) is 4.17. The molecule has 1 aromatic rings. The Morgan fingerprint density at radius 2 is 2.24 bits per heavy atom. The third-order valence-corrected chi connectivity index (χ3v) is 5.37. The monoisotopic (exact) mass is 326 g/mol. The Morgan fingerprint density at radius 1 is 1.48 bits per heavy atom. The second kappa shape index (κ2) is 6.15. The number of hydrogen-bond acceptors (Lipinski definition) is 5. The number of nitrogens with zero attached hydrogens (tertiary/aromatic N) is 1. The molecule has 0 spiro atoms. The molecule has 1 N–H and O–H groups in total. The summed E-state index contributed by atoms with van der Waals surface area (Å²) in [7, 11) is 1.47. The Labute approximate surface area is 134 Å². The number of ether oxygens (including phenoxy) is 1. The Bertz CT molecular complexity index is 517. The fourth-order valence-corrected chi connectivity index (χ4v) is 3.76. The molecule has 0 radical (unpaired) electrons. The Hall–Kier alpha value is -0.780. The largest absolute Gasteiger partial charge is 0.468 e. The minimum Gasteiger partial charge on any atom is -0.468 e. The number of rotatable bonds is 7. The van der Waals surface area contributed by atoms with Crippen LogP contribution >= 0.6 is 23.4 Å². The third kappa shape index (κ3) is 3.52. The summed E-state index contributed by atoms with van der Waals surface area (Å²) in [5.74, 6) is 0.888. The number of aromatic nitrogens is 1. The summed E-state index contributed by atoms with van der Waals surface area (Å²) in [5.41, 5.74) is -0.568. The molecule has 4 nitrogen and oxygen atoms in total. The number of esters is 1. The summed E-state index contributed by atoms with van der Waals surface area (Å²) in [5, 5.41) is 5.05. The van der Waals surface area contributed by atoms with Gasteiger partial charge in [-0.05, 0) is 43.7 Å². The molecule has 1 aromatic heterocycles. The molecule has 0 bridgehead atoms. The van der Waals surface area contributed by atoms with Gasteiger partial charge in [0, 0.05) is 18.0 Å². The first-order chi connectivity index (χ1) is 10.1. The molecule has 0 saturated heterocycles. The lowest BCUT2D eigenvalue weighted by atomic mass is 9.95. The molecule has 2 aliphatic rings. The molecule has 0 aromatic carbocycles. The summed E-state index contributed by atoms with van der Waals surface area (Å²) in [4.78, 5) is 16.7. The molecule has 1 atom stereocenters. The predicted octanol–water partition coefficient (Wildman–Crippen LogP) is 2.90. The molecular weight excluding hydrogens is 308 g/mol. The van der Waals surface area contributed by atoms with Crippen molar-refractivity contribution >= 4 is 29.3 Å². The smallest absolute Gasteiger partial charge is 0.327 e. The van der Waals surface area contributed by atoms with Gasteiger partial charge in [0.2, 0.25) is 0 Å². The van der Waals surface area contributed by atoms with Gasteiger partial charge in [-0.2, -0.15) is 0 Å². The quantitative estimate of drug-likeness (QED) is 0.617. The van der Waals surface area contributed by atoms with E-state index < -0.39 is 5.54 Å². The van der Waals surface area contributed by atoms with Crippen LogP contribution < -0.4 is 5.32 Å². The van der Waals surface area contributed by atoms with E-state index in [4.69, 9.17) is 16.3 Å². The normalized spacial score (nSPS) is 20.9. The van der Waals surface area contributed by atoms with Crippen LogP contribution in [0.2, 0.25) is 5.02 Å². The number of thioether (sulfide) groups is 1. The number of carbonyl (C=O) groups excluding carboxylic acids is 1. The van der Waals surface area contributed by atoms with Crippen LogP contribution in [0.5, 0.6) is 0 Å². The van der Waals surface area contributed by atoms with Crippen LogP contribution in [0.15, 0.2) is 23.4 Å². The van der Waals surface area contributed by atoms with Gasteiger partial charge in [-0.15, -0.1) is 11.8 Å². The predicted molar refractivity (Wildman–Crippen MR) is 83.6 cm³/mol. The van der Waals surface area contributed by atoms with E-state index in [1.807, 2.05) is 12.1 Å². The zero-order chi connectivity index (χ0) is 14.9. The highest BCUT2D eigenvalue weighted by Gasteiger charge is 2.53. The first kappa shape index (κ1) is 15.1. The van der Waals surface area contributed by atoms with E-state index in [2.05, 4.69) is 10.3 Å². The Kier molecular flexibility index (Phi) is 4.43. The number of halogens is 1. The average molecular weight is 327 g/mol. The van der Waals surface area contributed by atoms with Crippen molar-refractivity contribution in [2.24, 2.45) is 5.92 Å². The molecule has 1 heterocycles. The van der Waals surface area contributed by atoms with E-state index in [9.17, 15) is 4.79 Å². The highest BCUT2D eigenvalue weighted by atomic mass is 35.5. The van der Waals surface area contributed by atoms with E-state index in [0.29, 0.717) is 22.7 Å². The molecule has 21 heavy (non-hydrogen) atoms. The number of pyridine rings is 1. The van der Waals surface area contributed by atoms with Gasteiger partial charge < -0.3 is 4.74 Å². The molecule has 6 heteroatoms. The molecule has 2 aliphatic carbocycles. The first-order valence-corrected chi connectivity index (χ1v) is 8.61. The molecule has 3 rings (SSSR count). The molecule has 1 unspecified atom stereocenters. The van der Waals surface area contributed by atoms with Gasteiger partial charge in [-0.1, -0.05) is 11.6 Å². The fourth-order valence-electron chi connectivity index (χ4n) is 2.55. The van der Waals surface area contributed by atoms with E-state index in [-0.39, 0.29) is 5.97 Å². The van der Waals surface area contributed by atoms with Crippen LogP contribution in [0.4, 0.5) is 0 Å². The van der Waals surface area contributed by atoms with Gasteiger partial charge >= 0.3 is 5.97 Å². The second-order valence-electron chi connectivity index (χ2n) is 5.76. The van der Waals surface area contributed by atoms with Crippen molar-refractivity contribution in [2.45, 2.75) is 42.3 Å². The number of carbonyl (C=O) groups is 1. The maximum atomic E-state index is 12.4. The first-order valence-electron chi connectivity index (χ1n) is 7.24. The Balaban J connectivity index is 1.74. The average Bonchev–Trinajstić information content (AvgIpc) is 3.37. The van der Waals surface area contributed by atoms with E-state index in [1.54, 1.807) is 18.0 Å². The topological polar surface area (TPSA) is 51.2 Å². The SMILES string of the molecule is COC(=O)C(CSc1ccc(Cl)cn1)(NC1CC1)C1CC1. The van der Waals surface area contributed by atoms with Crippen LogP contribution in [0.25, 0.3) is 0 Å². The van der Waals surface area contributed by atoms with Crippen molar-refractivity contribution in [3.8, 4) is 0 Å². The summed E-state index contributed by atoms with van der Waals surface area (Å²) in [6.45, 7) is 0. The van der Waals surface area contributed by atoms with Gasteiger partial charge in [0.25, 0.3) is 0 Å². The molecule has 114 valence electrons. The minimum absolute atomic E-state index is 0.140. The lowest BCUT2D eigenvalue weighted by Crippen LogP contribution is -2.57. The minimum atomic E-state index is -0.568. The van der Waals surface area contributed by atoms with Gasteiger partial charge in [-0.3, -0.25) is 10.1 Å². The zero-order valence-electron chi connectivity index (χ0n) is 12.0. The maximum absolute atomic E-state index is 12.4. The van der Waals surface area contributed by atoms with Crippen LogP contribution in [-0.4, -0.2) is 35.4 Å². The number of hydrogen-bond donors (Lipinski definition) is 1. The highest BCUT2D eigenvalue weighted by Crippen LogP contribution is 2.44. The molecule has 0 aliphatic heterocycles. The zero-order valence-corrected chi connectivity index (χ0v) is 13.5. The number of nitrogens with one attached hydrogen (secondary N) is 1. The molecule has 0 amide bonds.